The maximum Gasteiger partial charge on any atom is 0.414 e. The van der Waals surface area contributed by atoms with Crippen LogP contribution in [0.4, 0.5) is 5.69 Å². The molecule has 1 aliphatic rings. The summed E-state index contributed by atoms with van der Waals surface area (Å²) in [6.45, 7) is 3.80. The lowest BCUT2D eigenvalue weighted by Gasteiger charge is -2.26. The van der Waals surface area contributed by atoms with Crippen LogP contribution in [-0.4, -0.2) is 74.1 Å². The molecule has 1 aromatic rings. The largest absolute Gasteiger partial charge is 0.495 e. The number of carboxylic acids is 2. The van der Waals surface area contributed by atoms with E-state index in [4.69, 9.17) is 24.5 Å². The third-order valence-electron chi connectivity index (χ3n) is 4.10. The van der Waals surface area contributed by atoms with Crippen LogP contribution in [0.25, 0.3) is 0 Å². The van der Waals surface area contributed by atoms with Gasteiger partial charge in [0.25, 0.3) is 0 Å². The van der Waals surface area contributed by atoms with E-state index in [-0.39, 0.29) is 23.1 Å². The maximum atomic E-state index is 12.9. The van der Waals surface area contributed by atoms with Crippen molar-refractivity contribution in [3.8, 4) is 5.75 Å². The van der Waals surface area contributed by atoms with Gasteiger partial charge in [-0.3, -0.25) is 4.79 Å². The zero-order chi connectivity index (χ0) is 22.7. The SMILES string of the molecule is CCNCC(=O)Nc1ccc(OC)c(S(=O)(=O)N2CCCCC2)c1.O=C(O)C(=O)O. The number of hydrogen-bond donors (Lipinski definition) is 4. The molecular weight excluding hydrogens is 418 g/mol. The maximum absolute atomic E-state index is 12.9. The molecule has 0 unspecified atom stereocenters. The fraction of sp³-hybridized carbons (Fsp3) is 0.500. The first-order valence-corrected chi connectivity index (χ1v) is 10.7. The predicted octanol–water partition coefficient (Wildman–Crippen LogP) is 0.573. The molecule has 0 saturated carbocycles. The highest BCUT2D eigenvalue weighted by Gasteiger charge is 2.29. The number of anilines is 1. The zero-order valence-electron chi connectivity index (χ0n) is 16.9. The number of hydrogen-bond acceptors (Lipinski definition) is 7. The molecule has 0 aromatic heterocycles. The van der Waals surface area contributed by atoms with Gasteiger partial charge in [-0.05, 0) is 37.6 Å². The molecule has 2 rings (SSSR count). The molecular formula is C18H27N3O8S. The number of methoxy groups -OCH3 is 1. The summed E-state index contributed by atoms with van der Waals surface area (Å²) >= 11 is 0. The standard InChI is InChI=1S/C16H25N3O4S.C2H2O4/c1-3-17-12-16(20)18-13-7-8-14(23-2)15(11-13)24(21,22)19-9-5-4-6-10-19;3-1(4)2(5)6/h7-8,11,17H,3-6,9-10,12H2,1-2H3,(H,18,20);(H,3,4)(H,5,6). The molecule has 1 heterocycles. The van der Waals surface area contributed by atoms with Gasteiger partial charge in [-0.2, -0.15) is 4.31 Å². The van der Waals surface area contributed by atoms with Crippen LogP contribution in [0, 0.1) is 0 Å². The number of sulfonamides is 1. The number of ether oxygens (including phenoxy) is 1. The molecule has 1 aliphatic heterocycles. The van der Waals surface area contributed by atoms with Crippen molar-refractivity contribution in [2.24, 2.45) is 0 Å². The smallest absolute Gasteiger partial charge is 0.414 e. The number of carbonyl (C=O) groups excluding carboxylic acids is 1. The predicted molar refractivity (Wildman–Crippen MR) is 108 cm³/mol. The summed E-state index contributed by atoms with van der Waals surface area (Å²) in [7, 11) is -2.20. The molecule has 168 valence electrons. The fourth-order valence-electron chi connectivity index (χ4n) is 2.64. The molecule has 0 bridgehead atoms. The van der Waals surface area contributed by atoms with Crippen LogP contribution < -0.4 is 15.4 Å². The fourth-order valence-corrected chi connectivity index (χ4v) is 4.34. The first-order chi connectivity index (χ1) is 14.1. The number of carboxylic acid groups (broad SMARTS) is 2. The highest BCUT2D eigenvalue weighted by Crippen LogP contribution is 2.31. The van der Waals surface area contributed by atoms with Crippen molar-refractivity contribution in [1.82, 2.24) is 9.62 Å². The van der Waals surface area contributed by atoms with Crippen LogP contribution in [0.5, 0.6) is 5.75 Å². The Labute approximate surface area is 175 Å². The minimum absolute atomic E-state index is 0.0909. The number of aliphatic carboxylic acids is 2. The molecule has 1 amide bonds. The van der Waals surface area contributed by atoms with E-state index in [1.54, 1.807) is 12.1 Å². The lowest BCUT2D eigenvalue weighted by molar-refractivity contribution is -0.159. The van der Waals surface area contributed by atoms with E-state index < -0.39 is 22.0 Å². The van der Waals surface area contributed by atoms with Crippen LogP contribution in [-0.2, 0) is 24.4 Å². The molecule has 0 atom stereocenters. The van der Waals surface area contributed by atoms with E-state index in [0.717, 1.165) is 19.3 Å². The first kappa shape index (κ1) is 25.3. The average Bonchev–Trinajstić information content (AvgIpc) is 2.73. The van der Waals surface area contributed by atoms with E-state index >= 15 is 0 Å². The van der Waals surface area contributed by atoms with Crippen molar-refractivity contribution in [2.75, 3.05) is 38.6 Å². The first-order valence-electron chi connectivity index (χ1n) is 9.28. The van der Waals surface area contributed by atoms with Gasteiger partial charge in [0.1, 0.15) is 10.6 Å². The summed E-state index contributed by atoms with van der Waals surface area (Å²) in [5.41, 5.74) is 0.439. The Kier molecular flexibility index (Phi) is 10.2. The van der Waals surface area contributed by atoms with Gasteiger partial charge in [0.15, 0.2) is 0 Å². The van der Waals surface area contributed by atoms with E-state index in [0.29, 0.717) is 25.3 Å². The second-order valence-corrected chi connectivity index (χ2v) is 8.18. The van der Waals surface area contributed by atoms with Crippen LogP contribution in [0.3, 0.4) is 0 Å². The van der Waals surface area contributed by atoms with Crippen LogP contribution in [0.2, 0.25) is 0 Å². The van der Waals surface area contributed by atoms with E-state index in [2.05, 4.69) is 10.6 Å². The van der Waals surface area contributed by atoms with Gasteiger partial charge in [-0.1, -0.05) is 13.3 Å². The van der Waals surface area contributed by atoms with Crippen LogP contribution >= 0.6 is 0 Å². The third-order valence-corrected chi connectivity index (χ3v) is 6.02. The second kappa shape index (κ2) is 12.1. The van der Waals surface area contributed by atoms with Crippen LogP contribution in [0.1, 0.15) is 26.2 Å². The minimum Gasteiger partial charge on any atom is -0.495 e. The monoisotopic (exact) mass is 445 g/mol. The van der Waals surface area contributed by atoms with Gasteiger partial charge in [0.2, 0.25) is 15.9 Å². The molecule has 4 N–H and O–H groups in total. The summed E-state index contributed by atoms with van der Waals surface area (Å²) in [5, 5.41) is 20.4. The summed E-state index contributed by atoms with van der Waals surface area (Å²) in [6, 6.07) is 4.67. The van der Waals surface area contributed by atoms with Gasteiger partial charge < -0.3 is 25.6 Å². The summed E-state index contributed by atoms with van der Waals surface area (Å²) < 4.78 is 32.5. The number of benzene rings is 1. The van der Waals surface area contributed by atoms with Crippen molar-refractivity contribution in [3.05, 3.63) is 18.2 Å². The quantitative estimate of drug-likeness (QED) is 0.440. The van der Waals surface area contributed by atoms with E-state index in [1.165, 1.54) is 17.5 Å². The van der Waals surface area contributed by atoms with Crippen molar-refractivity contribution >= 4 is 33.6 Å². The summed E-state index contributed by atoms with van der Waals surface area (Å²) in [6.07, 6.45) is 2.77. The highest BCUT2D eigenvalue weighted by molar-refractivity contribution is 7.89. The Morgan fingerprint density at radius 2 is 1.70 bits per heavy atom. The minimum atomic E-state index is -3.64. The molecule has 11 nitrogen and oxygen atoms in total. The Morgan fingerprint density at radius 1 is 1.10 bits per heavy atom. The highest BCUT2D eigenvalue weighted by atomic mass is 32.2. The second-order valence-electron chi connectivity index (χ2n) is 6.27. The Hall–Kier alpha value is -2.70. The third kappa shape index (κ3) is 7.61. The number of piperidine rings is 1. The van der Waals surface area contributed by atoms with Gasteiger partial charge in [-0.15, -0.1) is 0 Å². The Bertz CT molecular complexity index is 839. The number of likely N-dealkylation sites (N-methyl/N-ethyl adjacent to an activating group) is 1. The average molecular weight is 445 g/mol. The molecule has 0 radical (unpaired) electrons. The topological polar surface area (TPSA) is 162 Å². The number of rotatable bonds is 7. The van der Waals surface area contributed by atoms with E-state index in [1.807, 2.05) is 6.92 Å². The molecule has 12 heteroatoms. The summed E-state index contributed by atoms with van der Waals surface area (Å²) in [4.78, 5) is 30.1. The zero-order valence-corrected chi connectivity index (χ0v) is 17.7. The number of amides is 1. The number of nitrogens with one attached hydrogen (secondary N) is 2. The molecule has 1 fully saturated rings. The van der Waals surface area contributed by atoms with Gasteiger partial charge in [0.05, 0.1) is 13.7 Å². The van der Waals surface area contributed by atoms with E-state index in [9.17, 15) is 13.2 Å². The van der Waals surface area contributed by atoms with Gasteiger partial charge >= 0.3 is 11.9 Å². The number of carbonyl (C=O) groups is 3. The molecule has 1 saturated heterocycles. The normalized spacial score (nSPS) is 14.2. The Morgan fingerprint density at radius 3 is 2.20 bits per heavy atom. The lowest BCUT2D eigenvalue weighted by atomic mass is 10.2. The van der Waals surface area contributed by atoms with Crippen molar-refractivity contribution in [2.45, 2.75) is 31.1 Å². The van der Waals surface area contributed by atoms with Crippen molar-refractivity contribution in [1.29, 1.82) is 0 Å². The van der Waals surface area contributed by atoms with Gasteiger partial charge in [-0.25, -0.2) is 18.0 Å². The lowest BCUT2D eigenvalue weighted by Crippen LogP contribution is -2.35. The molecule has 0 aliphatic carbocycles. The van der Waals surface area contributed by atoms with Crippen molar-refractivity contribution in [3.63, 3.8) is 0 Å². The summed E-state index contributed by atoms with van der Waals surface area (Å²) in [5.74, 6) is -3.58. The molecule has 0 spiro atoms. The molecule has 1 aromatic carbocycles. The molecule has 30 heavy (non-hydrogen) atoms. The number of nitrogens with zero attached hydrogens (tertiary/aromatic N) is 1. The van der Waals surface area contributed by atoms with Gasteiger partial charge in [0, 0.05) is 18.8 Å². The van der Waals surface area contributed by atoms with Crippen LogP contribution in [0.15, 0.2) is 23.1 Å². The van der Waals surface area contributed by atoms with Crippen molar-refractivity contribution < 1.29 is 37.8 Å². The Balaban J connectivity index is 0.000000656.